The first-order valence-electron chi connectivity index (χ1n) is 5.90. The lowest BCUT2D eigenvalue weighted by Crippen LogP contribution is -2.22. The van der Waals surface area contributed by atoms with Gasteiger partial charge in [0, 0.05) is 16.7 Å². The second kappa shape index (κ2) is 5.71. The van der Waals surface area contributed by atoms with Crippen molar-refractivity contribution in [3.05, 3.63) is 29.8 Å². The van der Waals surface area contributed by atoms with Crippen LogP contribution in [0.5, 0.6) is 0 Å². The van der Waals surface area contributed by atoms with Crippen molar-refractivity contribution < 1.29 is 5.11 Å². The summed E-state index contributed by atoms with van der Waals surface area (Å²) in [5.74, 6) is 1.13. The maximum absolute atomic E-state index is 9.17. The summed E-state index contributed by atoms with van der Waals surface area (Å²) in [6.45, 7) is 2.84. The fourth-order valence-corrected chi connectivity index (χ4v) is 3.20. The van der Waals surface area contributed by atoms with E-state index in [4.69, 9.17) is 0 Å². The van der Waals surface area contributed by atoms with Gasteiger partial charge < -0.3 is 10.4 Å². The van der Waals surface area contributed by atoms with E-state index >= 15 is 0 Å². The number of nitrogens with one attached hydrogen (secondary N) is 1. The normalized spacial score (nSPS) is 20.8. The summed E-state index contributed by atoms with van der Waals surface area (Å²) in [6, 6.07) is 9.10. The van der Waals surface area contributed by atoms with Gasteiger partial charge in [-0.25, -0.2) is 0 Å². The van der Waals surface area contributed by atoms with Gasteiger partial charge in [0.25, 0.3) is 0 Å². The Labute approximate surface area is 101 Å². The van der Waals surface area contributed by atoms with E-state index in [0.717, 1.165) is 25.1 Å². The van der Waals surface area contributed by atoms with E-state index in [1.54, 1.807) is 0 Å². The molecule has 1 aromatic carbocycles. The number of thioether (sulfide) groups is 1. The Morgan fingerprint density at radius 3 is 3.12 bits per heavy atom. The summed E-state index contributed by atoms with van der Waals surface area (Å²) >= 11 is 1.93. The maximum Gasteiger partial charge on any atom is 0.0512 e. The maximum atomic E-state index is 9.17. The van der Waals surface area contributed by atoms with E-state index in [9.17, 15) is 5.11 Å². The molecule has 0 aliphatic carbocycles. The van der Waals surface area contributed by atoms with E-state index in [0.29, 0.717) is 6.04 Å². The number of aliphatic hydroxyl groups excluding tert-OH is 1. The Balaban J connectivity index is 1.80. The first-order chi connectivity index (χ1) is 7.77. The fraction of sp³-hybridized carbons (Fsp3) is 0.538. The van der Waals surface area contributed by atoms with Crippen LogP contribution < -0.4 is 5.32 Å². The van der Waals surface area contributed by atoms with Crippen LogP contribution in [0.2, 0.25) is 0 Å². The minimum atomic E-state index is -0.174. The van der Waals surface area contributed by atoms with Crippen LogP contribution in [0.3, 0.4) is 0 Å². The molecule has 1 aliphatic rings. The molecule has 0 radical (unpaired) electrons. The molecule has 0 saturated heterocycles. The van der Waals surface area contributed by atoms with Crippen molar-refractivity contribution in [2.75, 3.05) is 12.3 Å². The summed E-state index contributed by atoms with van der Waals surface area (Å²) in [5.41, 5.74) is 1.43. The minimum Gasteiger partial charge on any atom is -0.393 e. The molecule has 2 unspecified atom stereocenters. The smallest absolute Gasteiger partial charge is 0.0512 e. The van der Waals surface area contributed by atoms with Crippen molar-refractivity contribution in [2.24, 2.45) is 0 Å². The van der Waals surface area contributed by atoms with Crippen LogP contribution in [0.4, 0.5) is 0 Å². The molecule has 1 aliphatic heterocycles. The number of rotatable bonds is 5. The lowest BCUT2D eigenvalue weighted by atomic mass is 10.1. The Morgan fingerprint density at radius 1 is 1.50 bits per heavy atom. The van der Waals surface area contributed by atoms with E-state index in [-0.39, 0.29) is 6.10 Å². The zero-order valence-corrected chi connectivity index (χ0v) is 10.5. The molecule has 2 atom stereocenters. The molecule has 0 amide bonds. The van der Waals surface area contributed by atoms with E-state index < -0.39 is 0 Å². The molecule has 3 heteroatoms. The third-order valence-corrected chi connectivity index (χ3v) is 4.07. The predicted molar refractivity (Wildman–Crippen MR) is 68.8 cm³/mol. The summed E-state index contributed by atoms with van der Waals surface area (Å²) in [4.78, 5) is 1.41. The van der Waals surface area contributed by atoms with Gasteiger partial charge in [-0.2, -0.15) is 0 Å². The Morgan fingerprint density at radius 2 is 2.31 bits per heavy atom. The van der Waals surface area contributed by atoms with Crippen LogP contribution >= 0.6 is 11.8 Å². The van der Waals surface area contributed by atoms with E-state index in [1.807, 2.05) is 18.7 Å². The summed E-state index contributed by atoms with van der Waals surface area (Å²) in [5, 5.41) is 12.7. The Bertz CT molecular complexity index is 340. The number of benzene rings is 1. The molecule has 88 valence electrons. The van der Waals surface area contributed by atoms with Gasteiger partial charge in [-0.1, -0.05) is 18.2 Å². The lowest BCUT2D eigenvalue weighted by molar-refractivity contribution is 0.181. The second-order valence-corrected chi connectivity index (χ2v) is 5.41. The highest BCUT2D eigenvalue weighted by molar-refractivity contribution is 7.99. The zero-order chi connectivity index (χ0) is 11.4. The molecule has 0 aromatic heterocycles. The highest BCUT2D eigenvalue weighted by atomic mass is 32.2. The Hall–Kier alpha value is -0.510. The summed E-state index contributed by atoms with van der Waals surface area (Å²) < 4.78 is 0. The molecule has 2 nitrogen and oxygen atoms in total. The second-order valence-electron chi connectivity index (χ2n) is 4.35. The van der Waals surface area contributed by atoms with Crippen molar-refractivity contribution in [1.82, 2.24) is 5.32 Å². The molecule has 0 bridgehead atoms. The van der Waals surface area contributed by atoms with Crippen LogP contribution in [0.1, 0.15) is 31.4 Å². The lowest BCUT2D eigenvalue weighted by Gasteiger charge is -2.13. The SMILES string of the molecule is CC(O)CCCNC1CSc2ccccc21. The summed E-state index contributed by atoms with van der Waals surface area (Å²) in [6.07, 6.45) is 1.75. The van der Waals surface area contributed by atoms with Crippen molar-refractivity contribution in [3.63, 3.8) is 0 Å². The van der Waals surface area contributed by atoms with Gasteiger partial charge in [-0.05, 0) is 37.9 Å². The quantitative estimate of drug-likeness (QED) is 0.772. The number of hydrogen-bond donors (Lipinski definition) is 2. The molecular weight excluding hydrogens is 218 g/mol. The average Bonchev–Trinajstić information content (AvgIpc) is 2.68. The molecule has 0 spiro atoms. The molecule has 0 saturated carbocycles. The first kappa shape index (κ1) is 12.0. The van der Waals surface area contributed by atoms with Crippen molar-refractivity contribution in [3.8, 4) is 0 Å². The van der Waals surface area contributed by atoms with Gasteiger partial charge in [0.05, 0.1) is 6.10 Å². The largest absolute Gasteiger partial charge is 0.393 e. The highest BCUT2D eigenvalue weighted by Crippen LogP contribution is 2.37. The van der Waals surface area contributed by atoms with E-state index in [2.05, 4.69) is 29.6 Å². The van der Waals surface area contributed by atoms with Gasteiger partial charge in [-0.3, -0.25) is 0 Å². The van der Waals surface area contributed by atoms with Crippen LogP contribution in [0.15, 0.2) is 29.2 Å². The average molecular weight is 237 g/mol. The third kappa shape index (κ3) is 3.00. The molecule has 1 aromatic rings. The van der Waals surface area contributed by atoms with Crippen LogP contribution in [-0.2, 0) is 0 Å². The molecule has 2 rings (SSSR count). The van der Waals surface area contributed by atoms with Crippen molar-refractivity contribution >= 4 is 11.8 Å². The first-order valence-corrected chi connectivity index (χ1v) is 6.89. The molecule has 2 N–H and O–H groups in total. The molecule has 0 fully saturated rings. The van der Waals surface area contributed by atoms with Crippen LogP contribution in [0.25, 0.3) is 0 Å². The topological polar surface area (TPSA) is 32.3 Å². The number of aliphatic hydroxyl groups is 1. The van der Waals surface area contributed by atoms with Gasteiger partial charge >= 0.3 is 0 Å². The standard InChI is InChI=1S/C13H19NOS/c1-10(15)5-4-8-14-12-9-16-13-7-3-2-6-11(12)13/h2-3,6-7,10,12,14-15H,4-5,8-9H2,1H3. The predicted octanol–water partition coefficient (Wildman–Crippen LogP) is 2.58. The zero-order valence-electron chi connectivity index (χ0n) is 9.65. The van der Waals surface area contributed by atoms with Crippen LogP contribution in [0, 0.1) is 0 Å². The van der Waals surface area contributed by atoms with Gasteiger partial charge in [0.15, 0.2) is 0 Å². The summed E-state index contributed by atoms with van der Waals surface area (Å²) in [7, 11) is 0. The number of hydrogen-bond acceptors (Lipinski definition) is 3. The van der Waals surface area contributed by atoms with Gasteiger partial charge in [0.1, 0.15) is 0 Å². The van der Waals surface area contributed by atoms with Crippen molar-refractivity contribution in [2.45, 2.75) is 36.8 Å². The monoisotopic (exact) mass is 237 g/mol. The molecule has 1 heterocycles. The Kier molecular flexibility index (Phi) is 4.27. The van der Waals surface area contributed by atoms with E-state index in [1.165, 1.54) is 10.5 Å². The van der Waals surface area contributed by atoms with Crippen LogP contribution in [-0.4, -0.2) is 23.5 Å². The van der Waals surface area contributed by atoms with Crippen molar-refractivity contribution in [1.29, 1.82) is 0 Å². The fourth-order valence-electron chi connectivity index (χ4n) is 2.01. The minimum absolute atomic E-state index is 0.174. The van der Waals surface area contributed by atoms with Gasteiger partial charge in [-0.15, -0.1) is 11.8 Å². The third-order valence-electron chi connectivity index (χ3n) is 2.89. The molecular formula is C13H19NOS. The highest BCUT2D eigenvalue weighted by Gasteiger charge is 2.21. The number of fused-ring (bicyclic) bond motifs is 1. The molecule has 16 heavy (non-hydrogen) atoms. The van der Waals surface area contributed by atoms with Gasteiger partial charge in [0.2, 0.25) is 0 Å².